The molecule has 1 saturated carbocycles. The molecular formula is C18H26N6O. The molecule has 0 unspecified atom stereocenters. The predicted molar refractivity (Wildman–Crippen MR) is 95.6 cm³/mol. The van der Waals surface area contributed by atoms with E-state index in [1.165, 1.54) is 12.8 Å². The van der Waals surface area contributed by atoms with Gasteiger partial charge in [0, 0.05) is 37.5 Å². The van der Waals surface area contributed by atoms with Gasteiger partial charge in [-0.15, -0.1) is 15.3 Å². The van der Waals surface area contributed by atoms with Crippen molar-refractivity contribution < 1.29 is 4.79 Å². The van der Waals surface area contributed by atoms with E-state index in [4.69, 9.17) is 5.10 Å². The van der Waals surface area contributed by atoms with Gasteiger partial charge in [0.05, 0.1) is 0 Å². The lowest BCUT2D eigenvalue weighted by atomic mass is 9.94. The summed E-state index contributed by atoms with van der Waals surface area (Å²) < 4.78 is 1.90. The molecule has 0 atom stereocenters. The number of carbonyl (C=O) groups excluding carboxylic acids is 1. The van der Waals surface area contributed by atoms with Crippen molar-refractivity contribution in [2.45, 2.75) is 46.0 Å². The smallest absolute Gasteiger partial charge is 0.228 e. The molecule has 7 heteroatoms. The van der Waals surface area contributed by atoms with Crippen LogP contribution in [0.3, 0.4) is 0 Å². The zero-order chi connectivity index (χ0) is 17.6. The third-order valence-corrected chi connectivity index (χ3v) is 4.96. The second kappa shape index (κ2) is 5.97. The monoisotopic (exact) mass is 342 g/mol. The SMILES string of the molecule is CC(C)(C)C(=O)N1CCCN(c2ccc3nnc(C4CC4)n3n2)CC1. The Morgan fingerprint density at radius 3 is 2.60 bits per heavy atom. The maximum atomic E-state index is 12.6. The Hall–Kier alpha value is -2.18. The largest absolute Gasteiger partial charge is 0.353 e. The predicted octanol–water partition coefficient (Wildman–Crippen LogP) is 2.09. The second-order valence-corrected chi connectivity index (χ2v) is 8.18. The molecule has 7 nitrogen and oxygen atoms in total. The average Bonchev–Trinajstić information content (AvgIpc) is 3.37. The summed E-state index contributed by atoms with van der Waals surface area (Å²) in [6.07, 6.45) is 3.32. The highest BCUT2D eigenvalue weighted by molar-refractivity contribution is 5.81. The van der Waals surface area contributed by atoms with Crippen molar-refractivity contribution in [2.75, 3.05) is 31.1 Å². The van der Waals surface area contributed by atoms with Crippen LogP contribution in [0.25, 0.3) is 5.65 Å². The Bertz CT molecular complexity index is 788. The molecule has 0 spiro atoms. The number of carbonyl (C=O) groups is 1. The first-order valence-electron chi connectivity index (χ1n) is 9.20. The number of hydrogen-bond donors (Lipinski definition) is 0. The van der Waals surface area contributed by atoms with Gasteiger partial charge in [0.2, 0.25) is 5.91 Å². The molecule has 0 radical (unpaired) electrons. The van der Waals surface area contributed by atoms with Crippen molar-refractivity contribution in [2.24, 2.45) is 5.41 Å². The number of anilines is 1. The molecule has 0 aromatic carbocycles. The van der Waals surface area contributed by atoms with Gasteiger partial charge in [-0.25, -0.2) is 0 Å². The number of amides is 1. The first kappa shape index (κ1) is 16.3. The van der Waals surface area contributed by atoms with Crippen molar-refractivity contribution in [3.8, 4) is 0 Å². The Morgan fingerprint density at radius 2 is 1.88 bits per heavy atom. The molecule has 0 bridgehead atoms. The van der Waals surface area contributed by atoms with Crippen LogP contribution in [0.5, 0.6) is 0 Å². The summed E-state index contributed by atoms with van der Waals surface area (Å²) in [5.41, 5.74) is 0.485. The fourth-order valence-corrected chi connectivity index (χ4v) is 3.38. The summed E-state index contributed by atoms with van der Waals surface area (Å²) in [7, 11) is 0. The first-order chi connectivity index (χ1) is 11.9. The van der Waals surface area contributed by atoms with Crippen molar-refractivity contribution in [3.05, 3.63) is 18.0 Å². The summed E-state index contributed by atoms with van der Waals surface area (Å²) in [5, 5.41) is 13.3. The minimum absolute atomic E-state index is 0.229. The molecule has 134 valence electrons. The maximum absolute atomic E-state index is 12.6. The van der Waals surface area contributed by atoms with Gasteiger partial charge in [-0.3, -0.25) is 4.79 Å². The lowest BCUT2D eigenvalue weighted by Gasteiger charge is -2.28. The highest BCUT2D eigenvalue weighted by Crippen LogP contribution is 2.38. The van der Waals surface area contributed by atoms with E-state index in [0.29, 0.717) is 5.92 Å². The van der Waals surface area contributed by atoms with Crippen LogP contribution in [0.4, 0.5) is 5.82 Å². The topological polar surface area (TPSA) is 66.6 Å². The van der Waals surface area contributed by atoms with Crippen molar-refractivity contribution >= 4 is 17.4 Å². The third-order valence-electron chi connectivity index (χ3n) is 4.96. The molecular weight excluding hydrogens is 316 g/mol. The van der Waals surface area contributed by atoms with E-state index in [9.17, 15) is 4.79 Å². The van der Waals surface area contributed by atoms with Gasteiger partial charge in [0.15, 0.2) is 11.5 Å². The van der Waals surface area contributed by atoms with Crippen LogP contribution >= 0.6 is 0 Å². The zero-order valence-electron chi connectivity index (χ0n) is 15.3. The molecule has 2 aromatic rings. The van der Waals surface area contributed by atoms with E-state index in [1.807, 2.05) is 42.3 Å². The molecule has 4 rings (SSSR count). The van der Waals surface area contributed by atoms with Crippen LogP contribution in [-0.4, -0.2) is 56.8 Å². The van der Waals surface area contributed by atoms with Crippen molar-refractivity contribution in [3.63, 3.8) is 0 Å². The molecule has 25 heavy (non-hydrogen) atoms. The fraction of sp³-hybridized carbons (Fsp3) is 0.667. The average molecular weight is 342 g/mol. The van der Waals surface area contributed by atoms with E-state index in [1.54, 1.807) is 0 Å². The summed E-state index contributed by atoms with van der Waals surface area (Å²) in [6, 6.07) is 4.01. The van der Waals surface area contributed by atoms with Gasteiger partial charge in [-0.05, 0) is 31.4 Å². The zero-order valence-corrected chi connectivity index (χ0v) is 15.3. The summed E-state index contributed by atoms with van der Waals surface area (Å²) in [5.74, 6) is 2.67. The Balaban J connectivity index is 1.53. The molecule has 1 saturated heterocycles. The van der Waals surface area contributed by atoms with Crippen LogP contribution in [0, 0.1) is 5.41 Å². The summed E-state index contributed by atoms with van der Waals surface area (Å²) in [4.78, 5) is 16.8. The normalized spacial score (nSPS) is 19.3. The van der Waals surface area contributed by atoms with E-state index >= 15 is 0 Å². The number of fused-ring (bicyclic) bond motifs is 1. The second-order valence-electron chi connectivity index (χ2n) is 8.18. The standard InChI is InChI=1S/C18H26N6O/c1-18(2,3)17(25)23-10-4-9-22(11-12-23)15-8-7-14-19-20-16(13-5-6-13)24(14)21-15/h7-8,13H,4-6,9-12H2,1-3H3. The lowest BCUT2D eigenvalue weighted by Crippen LogP contribution is -2.41. The molecule has 1 amide bonds. The Morgan fingerprint density at radius 1 is 1.08 bits per heavy atom. The minimum Gasteiger partial charge on any atom is -0.353 e. The molecule has 2 aliphatic rings. The summed E-state index contributed by atoms with van der Waals surface area (Å²) >= 11 is 0. The molecule has 3 heterocycles. The quantitative estimate of drug-likeness (QED) is 0.836. The van der Waals surface area contributed by atoms with E-state index in [2.05, 4.69) is 15.1 Å². The number of rotatable bonds is 2. The summed E-state index contributed by atoms with van der Waals surface area (Å²) in [6.45, 7) is 9.23. The molecule has 1 aliphatic heterocycles. The fourth-order valence-electron chi connectivity index (χ4n) is 3.38. The van der Waals surface area contributed by atoms with Gasteiger partial charge < -0.3 is 9.80 Å². The molecule has 1 aliphatic carbocycles. The van der Waals surface area contributed by atoms with E-state index in [-0.39, 0.29) is 11.3 Å². The van der Waals surface area contributed by atoms with Crippen molar-refractivity contribution in [1.29, 1.82) is 0 Å². The van der Waals surface area contributed by atoms with Gasteiger partial charge in [0.1, 0.15) is 5.82 Å². The first-order valence-corrected chi connectivity index (χ1v) is 9.20. The lowest BCUT2D eigenvalue weighted by molar-refractivity contribution is -0.139. The van der Waals surface area contributed by atoms with Crippen LogP contribution in [0.1, 0.15) is 51.8 Å². The van der Waals surface area contributed by atoms with E-state index in [0.717, 1.165) is 49.9 Å². The highest BCUT2D eigenvalue weighted by atomic mass is 16.2. The van der Waals surface area contributed by atoms with Gasteiger partial charge >= 0.3 is 0 Å². The van der Waals surface area contributed by atoms with Gasteiger partial charge in [-0.1, -0.05) is 20.8 Å². The molecule has 2 aromatic heterocycles. The third kappa shape index (κ3) is 3.19. The molecule has 2 fully saturated rings. The van der Waals surface area contributed by atoms with E-state index < -0.39 is 0 Å². The highest BCUT2D eigenvalue weighted by Gasteiger charge is 2.30. The van der Waals surface area contributed by atoms with Crippen LogP contribution in [-0.2, 0) is 4.79 Å². The number of nitrogens with zero attached hydrogens (tertiary/aromatic N) is 6. The maximum Gasteiger partial charge on any atom is 0.228 e. The van der Waals surface area contributed by atoms with Crippen LogP contribution < -0.4 is 4.90 Å². The number of hydrogen-bond acceptors (Lipinski definition) is 5. The van der Waals surface area contributed by atoms with Crippen LogP contribution in [0.15, 0.2) is 12.1 Å². The van der Waals surface area contributed by atoms with Crippen LogP contribution in [0.2, 0.25) is 0 Å². The van der Waals surface area contributed by atoms with Gasteiger partial charge in [-0.2, -0.15) is 4.52 Å². The Labute approximate surface area is 148 Å². The molecule has 0 N–H and O–H groups in total. The van der Waals surface area contributed by atoms with Gasteiger partial charge in [0.25, 0.3) is 0 Å². The number of aromatic nitrogens is 4. The minimum atomic E-state index is -0.325. The van der Waals surface area contributed by atoms with Crippen molar-refractivity contribution in [1.82, 2.24) is 24.7 Å². The Kier molecular flexibility index (Phi) is 3.89.